The van der Waals surface area contributed by atoms with Crippen LogP contribution in [0.15, 0.2) is 46.3 Å². The van der Waals surface area contributed by atoms with Crippen LogP contribution in [0.3, 0.4) is 0 Å². The molecule has 1 aliphatic rings. The molecule has 7 nitrogen and oxygen atoms in total. The quantitative estimate of drug-likeness (QED) is 0.548. The van der Waals surface area contributed by atoms with E-state index in [2.05, 4.69) is 15.5 Å². The van der Waals surface area contributed by atoms with E-state index in [4.69, 9.17) is 4.74 Å². The highest BCUT2D eigenvalue weighted by Gasteiger charge is 2.17. The third kappa shape index (κ3) is 3.51. The van der Waals surface area contributed by atoms with Crippen LogP contribution in [-0.4, -0.2) is 28.3 Å². The number of ether oxygens (including phenoxy) is 1. The van der Waals surface area contributed by atoms with Crippen LogP contribution in [0.5, 0.6) is 5.75 Å². The second-order valence-electron chi connectivity index (χ2n) is 7.16. The van der Waals surface area contributed by atoms with Crippen molar-refractivity contribution in [1.29, 1.82) is 0 Å². The van der Waals surface area contributed by atoms with E-state index in [0.29, 0.717) is 34.5 Å². The van der Waals surface area contributed by atoms with Crippen LogP contribution in [0.2, 0.25) is 0 Å². The SMILES string of the molecule is COc1ccc(C)cc1/C(C)=N\NC(=O)c1ccc2c(=O)n3c(nc2c1)CCC3. The van der Waals surface area contributed by atoms with Gasteiger partial charge in [0.15, 0.2) is 0 Å². The van der Waals surface area contributed by atoms with E-state index in [9.17, 15) is 9.59 Å². The maximum atomic E-state index is 12.6. The topological polar surface area (TPSA) is 85.6 Å². The number of fused-ring (bicyclic) bond motifs is 2. The first kappa shape index (κ1) is 18.9. The molecule has 3 aromatic rings. The van der Waals surface area contributed by atoms with E-state index < -0.39 is 0 Å². The molecule has 0 atom stereocenters. The smallest absolute Gasteiger partial charge is 0.271 e. The van der Waals surface area contributed by atoms with E-state index in [1.54, 1.807) is 29.9 Å². The zero-order valence-electron chi connectivity index (χ0n) is 16.7. The Kier molecular flexibility index (Phi) is 4.88. The number of hydrogen-bond donors (Lipinski definition) is 1. The first-order valence-electron chi connectivity index (χ1n) is 9.51. The maximum Gasteiger partial charge on any atom is 0.271 e. The summed E-state index contributed by atoms with van der Waals surface area (Å²) in [5, 5.41) is 4.75. The van der Waals surface area contributed by atoms with Gasteiger partial charge >= 0.3 is 0 Å². The molecule has 1 amide bonds. The lowest BCUT2D eigenvalue weighted by molar-refractivity contribution is 0.0955. The van der Waals surface area contributed by atoms with Gasteiger partial charge in [-0.3, -0.25) is 14.2 Å². The van der Waals surface area contributed by atoms with Gasteiger partial charge < -0.3 is 4.74 Å². The molecule has 0 radical (unpaired) electrons. The van der Waals surface area contributed by atoms with E-state index in [-0.39, 0.29) is 11.5 Å². The monoisotopic (exact) mass is 390 g/mol. The van der Waals surface area contributed by atoms with Crippen molar-refractivity contribution in [1.82, 2.24) is 15.0 Å². The molecule has 0 fully saturated rings. The Balaban J connectivity index is 1.61. The lowest BCUT2D eigenvalue weighted by Crippen LogP contribution is -2.22. The number of aryl methyl sites for hydroxylation is 2. The summed E-state index contributed by atoms with van der Waals surface area (Å²) >= 11 is 0. The molecule has 0 saturated heterocycles. The minimum absolute atomic E-state index is 0.0464. The third-order valence-corrected chi connectivity index (χ3v) is 5.15. The second kappa shape index (κ2) is 7.50. The Morgan fingerprint density at radius 1 is 1.24 bits per heavy atom. The predicted octanol–water partition coefficient (Wildman–Crippen LogP) is 2.81. The van der Waals surface area contributed by atoms with Gasteiger partial charge in [-0.25, -0.2) is 10.4 Å². The van der Waals surface area contributed by atoms with Gasteiger partial charge in [0.1, 0.15) is 11.6 Å². The van der Waals surface area contributed by atoms with Gasteiger partial charge in [0, 0.05) is 24.1 Å². The summed E-state index contributed by atoms with van der Waals surface area (Å²) in [6.07, 6.45) is 1.70. The van der Waals surface area contributed by atoms with Gasteiger partial charge in [0.25, 0.3) is 11.5 Å². The van der Waals surface area contributed by atoms with Crippen LogP contribution in [0.4, 0.5) is 0 Å². The Morgan fingerprint density at radius 3 is 2.86 bits per heavy atom. The maximum absolute atomic E-state index is 12.6. The van der Waals surface area contributed by atoms with Gasteiger partial charge in [-0.15, -0.1) is 0 Å². The van der Waals surface area contributed by atoms with Gasteiger partial charge in [0.2, 0.25) is 0 Å². The highest BCUT2D eigenvalue weighted by Crippen LogP contribution is 2.20. The van der Waals surface area contributed by atoms with Crippen molar-refractivity contribution < 1.29 is 9.53 Å². The number of benzene rings is 2. The molecule has 4 rings (SSSR count). The van der Waals surface area contributed by atoms with Crippen LogP contribution in [0.1, 0.15) is 40.7 Å². The molecule has 148 valence electrons. The lowest BCUT2D eigenvalue weighted by Gasteiger charge is -2.10. The molecular formula is C22H22N4O3. The van der Waals surface area contributed by atoms with Crippen LogP contribution in [-0.2, 0) is 13.0 Å². The molecule has 0 unspecified atom stereocenters. The zero-order valence-corrected chi connectivity index (χ0v) is 16.7. The number of methoxy groups -OCH3 is 1. The van der Waals surface area contributed by atoms with E-state index in [1.807, 2.05) is 32.0 Å². The number of carbonyl (C=O) groups excluding carboxylic acids is 1. The van der Waals surface area contributed by atoms with Gasteiger partial charge in [-0.05, 0) is 50.6 Å². The number of nitrogens with zero attached hydrogens (tertiary/aromatic N) is 3. The number of carbonyl (C=O) groups is 1. The van der Waals surface area contributed by atoms with Gasteiger partial charge in [-0.1, -0.05) is 11.6 Å². The first-order chi connectivity index (χ1) is 14.0. The Labute approximate surface area is 168 Å². The van der Waals surface area contributed by atoms with Crippen molar-refractivity contribution in [3.8, 4) is 5.75 Å². The first-order valence-corrected chi connectivity index (χ1v) is 9.51. The Morgan fingerprint density at radius 2 is 2.07 bits per heavy atom. The Hall–Kier alpha value is -3.48. The average molecular weight is 390 g/mol. The summed E-state index contributed by atoms with van der Waals surface area (Å²) in [5.41, 5.74) is 6.00. The minimum atomic E-state index is -0.361. The van der Waals surface area contributed by atoms with Crippen molar-refractivity contribution in [3.05, 3.63) is 69.3 Å². The molecule has 0 spiro atoms. The molecule has 29 heavy (non-hydrogen) atoms. The van der Waals surface area contributed by atoms with Crippen molar-refractivity contribution in [2.45, 2.75) is 33.2 Å². The van der Waals surface area contributed by atoms with Crippen molar-refractivity contribution >= 4 is 22.5 Å². The van der Waals surface area contributed by atoms with Crippen LogP contribution < -0.4 is 15.7 Å². The van der Waals surface area contributed by atoms with Gasteiger partial charge in [-0.2, -0.15) is 5.10 Å². The standard InChI is InChI=1S/C22H22N4O3/c1-13-6-9-19(29-3)17(11-13)14(2)24-25-21(27)15-7-8-16-18(12-15)23-20-5-4-10-26(20)22(16)28/h6-9,11-12H,4-5,10H2,1-3H3,(H,25,27)/b24-14-. The molecule has 0 saturated carbocycles. The number of aromatic nitrogens is 2. The molecule has 1 aromatic heterocycles. The molecule has 2 aromatic carbocycles. The largest absolute Gasteiger partial charge is 0.496 e. The highest BCUT2D eigenvalue weighted by molar-refractivity contribution is 6.03. The molecule has 1 aliphatic heterocycles. The van der Waals surface area contributed by atoms with Crippen molar-refractivity contribution in [2.24, 2.45) is 5.10 Å². The van der Waals surface area contributed by atoms with Crippen molar-refractivity contribution in [2.75, 3.05) is 7.11 Å². The fourth-order valence-corrected chi connectivity index (χ4v) is 3.59. The van der Waals surface area contributed by atoms with E-state index >= 15 is 0 Å². The van der Waals surface area contributed by atoms with Gasteiger partial charge in [0.05, 0.1) is 23.7 Å². The molecular weight excluding hydrogens is 368 g/mol. The Bertz CT molecular complexity index is 1210. The fraction of sp³-hybridized carbons (Fsp3) is 0.273. The number of amides is 1. The number of hydrazone groups is 1. The third-order valence-electron chi connectivity index (χ3n) is 5.15. The second-order valence-corrected chi connectivity index (χ2v) is 7.16. The number of nitrogens with one attached hydrogen (secondary N) is 1. The molecule has 2 heterocycles. The minimum Gasteiger partial charge on any atom is -0.496 e. The number of rotatable bonds is 4. The summed E-state index contributed by atoms with van der Waals surface area (Å²) in [7, 11) is 1.60. The van der Waals surface area contributed by atoms with Crippen molar-refractivity contribution in [3.63, 3.8) is 0 Å². The molecule has 0 aliphatic carbocycles. The summed E-state index contributed by atoms with van der Waals surface area (Å²) in [6.45, 7) is 4.50. The van der Waals surface area contributed by atoms with Crippen LogP contribution in [0, 0.1) is 6.92 Å². The molecule has 1 N–H and O–H groups in total. The lowest BCUT2D eigenvalue weighted by atomic mass is 10.1. The predicted molar refractivity (Wildman–Crippen MR) is 112 cm³/mol. The van der Waals surface area contributed by atoms with E-state index in [0.717, 1.165) is 29.8 Å². The summed E-state index contributed by atoms with van der Waals surface area (Å²) in [4.78, 5) is 29.7. The number of hydrogen-bond acceptors (Lipinski definition) is 5. The summed E-state index contributed by atoms with van der Waals surface area (Å²) < 4.78 is 7.09. The molecule has 0 bridgehead atoms. The highest BCUT2D eigenvalue weighted by atomic mass is 16.5. The molecule has 7 heteroatoms. The van der Waals surface area contributed by atoms with E-state index in [1.165, 1.54) is 0 Å². The average Bonchev–Trinajstić information content (AvgIpc) is 3.20. The summed E-state index contributed by atoms with van der Waals surface area (Å²) in [6, 6.07) is 10.7. The summed E-state index contributed by atoms with van der Waals surface area (Å²) in [5.74, 6) is 1.11. The zero-order chi connectivity index (χ0) is 20.5. The van der Waals surface area contributed by atoms with Crippen LogP contribution >= 0.6 is 0 Å². The fourth-order valence-electron chi connectivity index (χ4n) is 3.59. The van der Waals surface area contributed by atoms with Crippen LogP contribution in [0.25, 0.3) is 10.9 Å². The normalized spacial score (nSPS) is 13.4.